The molecule has 0 spiro atoms. The summed E-state index contributed by atoms with van der Waals surface area (Å²) in [6.07, 6.45) is 2.50. The first-order chi connectivity index (χ1) is 14.5. The number of sulfonamides is 1. The van der Waals surface area contributed by atoms with Gasteiger partial charge in [-0.25, -0.2) is 8.42 Å². The second-order valence-corrected chi connectivity index (χ2v) is 10.1. The number of hydrogen-bond acceptors (Lipinski definition) is 4. The molecule has 1 aliphatic heterocycles. The Kier molecular flexibility index (Phi) is 6.40. The molecule has 2 amide bonds. The third kappa shape index (κ3) is 5.07. The van der Waals surface area contributed by atoms with Crippen molar-refractivity contribution in [3.05, 3.63) is 52.6 Å². The van der Waals surface area contributed by atoms with E-state index in [1.165, 1.54) is 0 Å². The number of benzene rings is 2. The molecule has 1 aliphatic rings. The molecular weight excluding hydrogens is 414 g/mol. The fourth-order valence-electron chi connectivity index (χ4n) is 4.20. The standard InChI is InChI=1S/C23H29N3O4S/c1-15-11-17(3)23(18(4)12-15)26(31(5,29)30)14-21(27)24-19-8-9-20(16(2)13-19)25-10-6-7-22(25)28/h8-9,11-13H,6-7,10,14H2,1-5H3,(H,24,27). The van der Waals surface area contributed by atoms with Gasteiger partial charge in [-0.15, -0.1) is 0 Å². The van der Waals surface area contributed by atoms with Crippen LogP contribution in [0.25, 0.3) is 0 Å². The van der Waals surface area contributed by atoms with Crippen LogP contribution in [0.15, 0.2) is 30.3 Å². The largest absolute Gasteiger partial charge is 0.325 e. The second-order valence-electron chi connectivity index (χ2n) is 8.22. The maximum absolute atomic E-state index is 12.8. The highest BCUT2D eigenvalue weighted by Gasteiger charge is 2.25. The van der Waals surface area contributed by atoms with Crippen LogP contribution in [0.1, 0.15) is 35.1 Å². The lowest BCUT2D eigenvalue weighted by Gasteiger charge is -2.26. The van der Waals surface area contributed by atoms with E-state index < -0.39 is 15.9 Å². The normalized spacial score (nSPS) is 14.1. The molecule has 0 radical (unpaired) electrons. The van der Waals surface area contributed by atoms with Crippen molar-refractivity contribution in [2.45, 2.75) is 40.5 Å². The first-order valence-electron chi connectivity index (χ1n) is 10.2. The van der Waals surface area contributed by atoms with E-state index in [1.54, 1.807) is 17.0 Å². The number of amides is 2. The topological polar surface area (TPSA) is 86.8 Å². The molecule has 1 N–H and O–H groups in total. The van der Waals surface area contributed by atoms with Crippen molar-refractivity contribution >= 4 is 38.9 Å². The molecule has 0 aliphatic carbocycles. The Hall–Kier alpha value is -2.87. The van der Waals surface area contributed by atoms with Crippen LogP contribution in [0.3, 0.4) is 0 Å². The Morgan fingerprint density at radius 1 is 1.06 bits per heavy atom. The Morgan fingerprint density at radius 3 is 2.23 bits per heavy atom. The van der Waals surface area contributed by atoms with Crippen molar-refractivity contribution in [2.75, 3.05) is 33.9 Å². The Morgan fingerprint density at radius 2 is 1.71 bits per heavy atom. The SMILES string of the molecule is Cc1cc(C)c(N(CC(=O)Nc2ccc(N3CCCC3=O)c(C)c2)S(C)(=O)=O)c(C)c1. The van der Waals surface area contributed by atoms with Gasteiger partial charge < -0.3 is 10.2 Å². The molecule has 8 heteroatoms. The van der Waals surface area contributed by atoms with E-state index in [1.807, 2.05) is 45.9 Å². The Labute approximate surface area is 184 Å². The Balaban J connectivity index is 1.81. The number of hydrogen-bond donors (Lipinski definition) is 1. The molecular formula is C23H29N3O4S. The lowest BCUT2D eigenvalue weighted by Crippen LogP contribution is -2.38. The van der Waals surface area contributed by atoms with Crippen LogP contribution >= 0.6 is 0 Å². The smallest absolute Gasteiger partial charge is 0.245 e. The number of nitrogens with zero attached hydrogens (tertiary/aromatic N) is 2. The van der Waals surface area contributed by atoms with E-state index in [0.29, 0.717) is 24.3 Å². The number of rotatable bonds is 6. The van der Waals surface area contributed by atoms with Gasteiger partial charge in [0.2, 0.25) is 21.8 Å². The minimum absolute atomic E-state index is 0.104. The monoisotopic (exact) mass is 443 g/mol. The van der Waals surface area contributed by atoms with Crippen molar-refractivity contribution < 1.29 is 18.0 Å². The summed E-state index contributed by atoms with van der Waals surface area (Å²) in [5.41, 5.74) is 5.43. The van der Waals surface area contributed by atoms with E-state index in [2.05, 4.69) is 5.32 Å². The third-order valence-corrected chi connectivity index (χ3v) is 6.53. The summed E-state index contributed by atoms with van der Waals surface area (Å²) in [5, 5.41) is 2.79. The van der Waals surface area contributed by atoms with E-state index in [4.69, 9.17) is 0 Å². The lowest BCUT2D eigenvalue weighted by molar-refractivity contribution is -0.117. The fourth-order valence-corrected chi connectivity index (χ4v) is 5.17. The number of aryl methyl sites for hydroxylation is 4. The molecule has 2 aromatic rings. The molecule has 7 nitrogen and oxygen atoms in total. The van der Waals surface area contributed by atoms with Crippen LogP contribution in [0.2, 0.25) is 0 Å². The summed E-state index contributed by atoms with van der Waals surface area (Å²) in [6.45, 7) is 7.89. The number of nitrogens with one attached hydrogen (secondary N) is 1. The van der Waals surface area contributed by atoms with Crippen molar-refractivity contribution in [3.8, 4) is 0 Å². The maximum atomic E-state index is 12.8. The molecule has 1 heterocycles. The number of carbonyl (C=O) groups excluding carboxylic acids is 2. The van der Waals surface area contributed by atoms with Crippen LogP contribution in [-0.4, -0.2) is 39.6 Å². The van der Waals surface area contributed by atoms with Gasteiger partial charge in [-0.2, -0.15) is 0 Å². The molecule has 1 saturated heterocycles. The highest BCUT2D eigenvalue weighted by molar-refractivity contribution is 7.92. The lowest BCUT2D eigenvalue weighted by atomic mass is 10.1. The minimum Gasteiger partial charge on any atom is -0.325 e. The zero-order chi connectivity index (χ0) is 22.9. The van der Waals surface area contributed by atoms with Crippen LogP contribution < -0.4 is 14.5 Å². The predicted molar refractivity (Wildman–Crippen MR) is 124 cm³/mol. The van der Waals surface area contributed by atoms with Crippen LogP contribution in [0.4, 0.5) is 17.1 Å². The summed E-state index contributed by atoms with van der Waals surface area (Å²) in [6, 6.07) is 9.15. The quantitative estimate of drug-likeness (QED) is 0.741. The summed E-state index contributed by atoms with van der Waals surface area (Å²) in [7, 11) is -3.67. The average molecular weight is 444 g/mol. The zero-order valence-electron chi connectivity index (χ0n) is 18.7. The summed E-state index contributed by atoms with van der Waals surface area (Å²) < 4.78 is 26.1. The molecule has 31 heavy (non-hydrogen) atoms. The van der Waals surface area contributed by atoms with Gasteiger partial charge in [-0.1, -0.05) is 17.7 Å². The summed E-state index contributed by atoms with van der Waals surface area (Å²) in [5.74, 6) is -0.332. The highest BCUT2D eigenvalue weighted by Crippen LogP contribution is 2.29. The van der Waals surface area contributed by atoms with E-state index in [0.717, 1.165) is 44.9 Å². The van der Waals surface area contributed by atoms with Crippen LogP contribution in [0.5, 0.6) is 0 Å². The molecule has 166 valence electrons. The molecule has 0 aromatic heterocycles. The number of anilines is 3. The van der Waals surface area contributed by atoms with Crippen molar-refractivity contribution in [2.24, 2.45) is 0 Å². The van der Waals surface area contributed by atoms with Crippen molar-refractivity contribution in [1.29, 1.82) is 0 Å². The Bertz CT molecular complexity index is 1120. The molecule has 1 fully saturated rings. The molecule has 0 unspecified atom stereocenters. The van der Waals surface area contributed by atoms with Crippen molar-refractivity contribution in [1.82, 2.24) is 0 Å². The van der Waals surface area contributed by atoms with Crippen LogP contribution in [0, 0.1) is 27.7 Å². The van der Waals surface area contributed by atoms with Gasteiger partial charge in [-0.05, 0) is 69.0 Å². The van der Waals surface area contributed by atoms with Gasteiger partial charge in [0.15, 0.2) is 0 Å². The minimum atomic E-state index is -3.67. The van der Waals surface area contributed by atoms with Gasteiger partial charge in [0.05, 0.1) is 11.9 Å². The van der Waals surface area contributed by atoms with E-state index >= 15 is 0 Å². The zero-order valence-corrected chi connectivity index (χ0v) is 19.5. The highest BCUT2D eigenvalue weighted by atomic mass is 32.2. The molecule has 0 saturated carbocycles. The van der Waals surface area contributed by atoms with Gasteiger partial charge in [0.1, 0.15) is 6.54 Å². The van der Waals surface area contributed by atoms with E-state index in [-0.39, 0.29) is 12.5 Å². The molecule has 0 atom stereocenters. The van der Waals surface area contributed by atoms with Gasteiger partial charge in [-0.3, -0.25) is 13.9 Å². The maximum Gasteiger partial charge on any atom is 0.245 e. The molecule has 2 aromatic carbocycles. The van der Waals surface area contributed by atoms with Gasteiger partial charge in [0.25, 0.3) is 0 Å². The predicted octanol–water partition coefficient (Wildman–Crippen LogP) is 3.45. The van der Waals surface area contributed by atoms with Crippen LogP contribution in [-0.2, 0) is 19.6 Å². The first-order valence-corrected chi connectivity index (χ1v) is 12.1. The summed E-state index contributed by atoms with van der Waals surface area (Å²) in [4.78, 5) is 26.5. The summed E-state index contributed by atoms with van der Waals surface area (Å²) >= 11 is 0. The first kappa shape index (κ1) is 22.8. The van der Waals surface area contributed by atoms with Gasteiger partial charge in [0, 0.05) is 24.3 Å². The van der Waals surface area contributed by atoms with E-state index in [9.17, 15) is 18.0 Å². The second kappa shape index (κ2) is 8.70. The van der Waals surface area contributed by atoms with Crippen molar-refractivity contribution in [3.63, 3.8) is 0 Å². The fraction of sp³-hybridized carbons (Fsp3) is 0.391. The van der Waals surface area contributed by atoms with Gasteiger partial charge >= 0.3 is 0 Å². The number of carbonyl (C=O) groups is 2. The third-order valence-electron chi connectivity index (χ3n) is 5.42. The molecule has 3 rings (SSSR count). The average Bonchev–Trinajstić information content (AvgIpc) is 3.05. The molecule has 0 bridgehead atoms.